The second-order valence-corrected chi connectivity index (χ2v) is 6.58. The molecule has 2 aromatic rings. The highest BCUT2D eigenvalue weighted by molar-refractivity contribution is 7.92. The number of rotatable bonds is 5. The van der Waals surface area contributed by atoms with Crippen LogP contribution in [0.25, 0.3) is 0 Å². The first kappa shape index (κ1) is 15.8. The third-order valence-corrected chi connectivity index (χ3v) is 4.48. The number of halogens is 1. The van der Waals surface area contributed by atoms with Crippen LogP contribution in [0.1, 0.15) is 25.0 Å². The van der Waals surface area contributed by atoms with Crippen LogP contribution in [0.2, 0.25) is 5.02 Å². The number of benzene rings is 1. The Morgan fingerprint density at radius 3 is 2.71 bits per heavy atom. The van der Waals surface area contributed by atoms with Crippen molar-refractivity contribution in [3.8, 4) is 0 Å². The number of sulfonamides is 1. The first-order chi connectivity index (χ1) is 9.92. The summed E-state index contributed by atoms with van der Waals surface area (Å²) < 4.78 is 26.9. The molecule has 0 amide bonds. The second-order valence-electron chi connectivity index (χ2n) is 4.46. The van der Waals surface area contributed by atoms with Crippen molar-refractivity contribution in [3.63, 3.8) is 0 Å². The van der Waals surface area contributed by atoms with Crippen molar-refractivity contribution in [2.24, 2.45) is 0 Å². The van der Waals surface area contributed by atoms with Gasteiger partial charge in [0.25, 0.3) is 10.0 Å². The quantitative estimate of drug-likeness (QED) is 0.885. The highest BCUT2D eigenvalue weighted by atomic mass is 35.5. The Bertz CT molecular complexity index is 717. The van der Waals surface area contributed by atoms with Gasteiger partial charge in [0.2, 0.25) is 0 Å². The number of hydrogen-bond acceptors (Lipinski definition) is 4. The average molecular weight is 327 g/mol. The predicted molar refractivity (Wildman–Crippen MR) is 81.7 cm³/mol. The van der Waals surface area contributed by atoms with Crippen LogP contribution >= 0.6 is 11.6 Å². The molecule has 5 nitrogen and oxygen atoms in total. The van der Waals surface area contributed by atoms with E-state index in [1.165, 1.54) is 24.4 Å². The second kappa shape index (κ2) is 6.43. The number of aromatic nitrogens is 1. The van der Waals surface area contributed by atoms with Crippen LogP contribution in [0.3, 0.4) is 0 Å². The molecule has 2 rings (SSSR count). The molecule has 2 N–H and O–H groups in total. The SMILES string of the molecule is CCC(O)c1cccc(S(=O)(=O)Nc2ccc(Cl)cn2)c1. The topological polar surface area (TPSA) is 79.3 Å². The van der Waals surface area contributed by atoms with Crippen molar-refractivity contribution < 1.29 is 13.5 Å². The molecule has 0 bridgehead atoms. The minimum atomic E-state index is -3.76. The molecule has 0 aliphatic heterocycles. The van der Waals surface area contributed by atoms with E-state index in [4.69, 9.17) is 11.6 Å². The molecule has 1 atom stereocenters. The van der Waals surface area contributed by atoms with Crippen LogP contribution in [0.15, 0.2) is 47.5 Å². The van der Waals surface area contributed by atoms with E-state index in [-0.39, 0.29) is 10.7 Å². The van der Waals surface area contributed by atoms with Crippen LogP contribution in [0.5, 0.6) is 0 Å². The van der Waals surface area contributed by atoms with E-state index in [1.54, 1.807) is 18.2 Å². The average Bonchev–Trinajstić information content (AvgIpc) is 2.49. The van der Waals surface area contributed by atoms with Crippen LogP contribution in [-0.2, 0) is 10.0 Å². The van der Waals surface area contributed by atoms with E-state index in [9.17, 15) is 13.5 Å². The fourth-order valence-corrected chi connectivity index (χ4v) is 2.93. The summed E-state index contributed by atoms with van der Waals surface area (Å²) in [6, 6.07) is 9.22. The van der Waals surface area contributed by atoms with E-state index in [0.717, 1.165) is 0 Å². The van der Waals surface area contributed by atoms with Crippen LogP contribution in [0, 0.1) is 0 Å². The van der Waals surface area contributed by atoms with Crippen molar-refractivity contribution in [1.29, 1.82) is 0 Å². The molecule has 0 fully saturated rings. The number of aliphatic hydroxyl groups is 1. The Kier molecular flexibility index (Phi) is 4.82. The Morgan fingerprint density at radius 2 is 2.10 bits per heavy atom. The lowest BCUT2D eigenvalue weighted by Gasteiger charge is -2.11. The Morgan fingerprint density at radius 1 is 1.33 bits per heavy atom. The molecule has 1 unspecified atom stereocenters. The van der Waals surface area contributed by atoms with E-state index < -0.39 is 16.1 Å². The van der Waals surface area contributed by atoms with E-state index in [1.807, 2.05) is 6.92 Å². The fraction of sp³-hybridized carbons (Fsp3) is 0.214. The van der Waals surface area contributed by atoms with E-state index >= 15 is 0 Å². The Labute approximate surface area is 128 Å². The van der Waals surface area contributed by atoms with Gasteiger partial charge in [-0.3, -0.25) is 4.72 Å². The molecule has 0 radical (unpaired) electrons. The van der Waals surface area contributed by atoms with Crippen molar-refractivity contribution in [3.05, 3.63) is 53.2 Å². The lowest BCUT2D eigenvalue weighted by atomic mass is 10.1. The largest absolute Gasteiger partial charge is 0.388 e. The van der Waals surface area contributed by atoms with Crippen molar-refractivity contribution in [1.82, 2.24) is 4.98 Å². The number of nitrogens with one attached hydrogen (secondary N) is 1. The van der Waals surface area contributed by atoms with Crippen molar-refractivity contribution >= 4 is 27.4 Å². The minimum Gasteiger partial charge on any atom is -0.388 e. The number of pyridine rings is 1. The van der Waals surface area contributed by atoms with Gasteiger partial charge >= 0.3 is 0 Å². The standard InChI is InChI=1S/C14H15ClN2O3S/c1-2-13(18)10-4-3-5-12(8-10)21(19,20)17-14-7-6-11(15)9-16-14/h3-9,13,18H,2H2,1H3,(H,16,17). The van der Waals surface area contributed by atoms with Gasteiger partial charge in [0.15, 0.2) is 0 Å². The third-order valence-electron chi connectivity index (χ3n) is 2.91. The predicted octanol–water partition coefficient (Wildman–Crippen LogP) is 2.98. The maximum Gasteiger partial charge on any atom is 0.263 e. The van der Waals surface area contributed by atoms with E-state index in [2.05, 4.69) is 9.71 Å². The van der Waals surface area contributed by atoms with Crippen molar-refractivity contribution in [2.75, 3.05) is 4.72 Å². The number of anilines is 1. The normalized spacial score (nSPS) is 12.9. The minimum absolute atomic E-state index is 0.0734. The summed E-state index contributed by atoms with van der Waals surface area (Å²) in [6.45, 7) is 1.82. The highest BCUT2D eigenvalue weighted by Gasteiger charge is 2.16. The Balaban J connectivity index is 2.29. The zero-order valence-corrected chi connectivity index (χ0v) is 12.9. The molecule has 7 heteroatoms. The molecule has 0 saturated heterocycles. The lowest BCUT2D eigenvalue weighted by molar-refractivity contribution is 0.173. The summed E-state index contributed by atoms with van der Waals surface area (Å²) in [5, 5.41) is 10.2. The monoisotopic (exact) mass is 326 g/mol. The maximum atomic E-state index is 12.3. The molecule has 0 saturated carbocycles. The van der Waals surface area contributed by atoms with Gasteiger partial charge in [-0.25, -0.2) is 13.4 Å². The van der Waals surface area contributed by atoms with E-state index in [0.29, 0.717) is 17.0 Å². The highest BCUT2D eigenvalue weighted by Crippen LogP contribution is 2.21. The number of aliphatic hydroxyl groups excluding tert-OH is 1. The van der Waals surface area contributed by atoms with Gasteiger partial charge in [-0.1, -0.05) is 30.7 Å². The first-order valence-corrected chi connectivity index (χ1v) is 8.21. The van der Waals surface area contributed by atoms with Gasteiger partial charge in [0.05, 0.1) is 16.0 Å². The van der Waals surface area contributed by atoms with Crippen LogP contribution in [0.4, 0.5) is 5.82 Å². The zero-order chi connectivity index (χ0) is 15.5. The molecule has 1 aromatic carbocycles. The molecular formula is C14H15ClN2O3S. The third kappa shape index (κ3) is 3.93. The van der Waals surface area contributed by atoms with Gasteiger partial charge in [-0.05, 0) is 36.2 Å². The first-order valence-electron chi connectivity index (χ1n) is 6.35. The molecule has 0 spiro atoms. The van der Waals surface area contributed by atoms with Gasteiger partial charge in [0, 0.05) is 6.20 Å². The molecule has 0 aliphatic rings. The molecule has 112 valence electrons. The van der Waals surface area contributed by atoms with Gasteiger partial charge in [-0.15, -0.1) is 0 Å². The summed E-state index contributed by atoms with van der Waals surface area (Å²) >= 11 is 5.70. The summed E-state index contributed by atoms with van der Waals surface area (Å²) in [4.78, 5) is 3.96. The van der Waals surface area contributed by atoms with Crippen molar-refractivity contribution in [2.45, 2.75) is 24.3 Å². The number of hydrogen-bond donors (Lipinski definition) is 2. The molecule has 1 aromatic heterocycles. The molecule has 1 heterocycles. The summed E-state index contributed by atoms with van der Waals surface area (Å²) in [5.74, 6) is 0.181. The molecule has 0 aliphatic carbocycles. The van der Waals surface area contributed by atoms with Crippen LogP contribution in [-0.4, -0.2) is 18.5 Å². The molecule has 21 heavy (non-hydrogen) atoms. The Hall–Kier alpha value is -1.63. The summed E-state index contributed by atoms with van der Waals surface area (Å²) in [5.41, 5.74) is 0.560. The summed E-state index contributed by atoms with van der Waals surface area (Å²) in [7, 11) is -3.76. The fourth-order valence-electron chi connectivity index (χ4n) is 1.76. The number of nitrogens with zero attached hydrogens (tertiary/aromatic N) is 1. The lowest BCUT2D eigenvalue weighted by Crippen LogP contribution is -2.14. The zero-order valence-electron chi connectivity index (χ0n) is 11.3. The van der Waals surface area contributed by atoms with Gasteiger partial charge in [-0.2, -0.15) is 0 Å². The molecular weight excluding hydrogens is 312 g/mol. The van der Waals surface area contributed by atoms with Gasteiger partial charge < -0.3 is 5.11 Å². The summed E-state index contributed by atoms with van der Waals surface area (Å²) in [6.07, 6.45) is 1.18. The van der Waals surface area contributed by atoms with Crippen LogP contribution < -0.4 is 4.72 Å². The smallest absolute Gasteiger partial charge is 0.263 e. The maximum absolute atomic E-state index is 12.3. The van der Waals surface area contributed by atoms with Gasteiger partial charge in [0.1, 0.15) is 5.82 Å².